The average molecular weight is 459 g/mol. The minimum Gasteiger partial charge on any atom is -0.495 e. The van der Waals surface area contributed by atoms with Crippen molar-refractivity contribution in [3.8, 4) is 11.4 Å². The number of carbonyl (C=O) groups excluding carboxylic acids is 1. The van der Waals surface area contributed by atoms with Crippen LogP contribution in [0.5, 0.6) is 5.75 Å². The molecule has 3 heterocycles. The third kappa shape index (κ3) is 3.92. The lowest BCUT2D eigenvalue weighted by Gasteiger charge is -2.28. The quantitative estimate of drug-likeness (QED) is 0.496. The van der Waals surface area contributed by atoms with E-state index in [1.54, 1.807) is 30.1 Å². The Labute approximate surface area is 196 Å². The zero-order valence-electron chi connectivity index (χ0n) is 19.2. The van der Waals surface area contributed by atoms with Crippen molar-refractivity contribution in [1.29, 1.82) is 0 Å². The number of para-hydroxylation sites is 2. The number of amides is 1. The summed E-state index contributed by atoms with van der Waals surface area (Å²) in [6.45, 7) is 3.12. The number of ether oxygens (including phenoxy) is 2. The fourth-order valence-electron chi connectivity index (χ4n) is 4.37. The predicted octanol–water partition coefficient (Wildman–Crippen LogP) is 3.43. The zero-order valence-corrected chi connectivity index (χ0v) is 19.2. The first-order valence-corrected chi connectivity index (χ1v) is 11.1. The fourth-order valence-corrected chi connectivity index (χ4v) is 4.37. The monoisotopic (exact) mass is 458 g/mol. The van der Waals surface area contributed by atoms with E-state index in [9.17, 15) is 9.59 Å². The molecule has 2 aromatic heterocycles. The van der Waals surface area contributed by atoms with E-state index in [-0.39, 0.29) is 11.5 Å². The summed E-state index contributed by atoms with van der Waals surface area (Å²) >= 11 is 0. The number of rotatable bonds is 5. The van der Waals surface area contributed by atoms with Crippen LogP contribution in [0.3, 0.4) is 0 Å². The second-order valence-corrected chi connectivity index (χ2v) is 8.18. The Morgan fingerprint density at radius 3 is 2.50 bits per heavy atom. The second-order valence-electron chi connectivity index (χ2n) is 8.18. The third-order valence-electron chi connectivity index (χ3n) is 6.13. The van der Waals surface area contributed by atoms with Crippen LogP contribution in [0, 0.1) is 0 Å². The first-order chi connectivity index (χ1) is 16.6. The van der Waals surface area contributed by atoms with Crippen molar-refractivity contribution in [2.24, 2.45) is 7.05 Å². The van der Waals surface area contributed by atoms with Gasteiger partial charge < -0.3 is 24.3 Å². The summed E-state index contributed by atoms with van der Waals surface area (Å²) in [5.41, 5.74) is 3.10. The van der Waals surface area contributed by atoms with Gasteiger partial charge in [0.1, 0.15) is 5.75 Å². The number of aromatic nitrogens is 2. The molecule has 4 aromatic rings. The Balaban J connectivity index is 1.47. The van der Waals surface area contributed by atoms with Crippen molar-refractivity contribution in [3.05, 3.63) is 82.9 Å². The molecule has 1 saturated heterocycles. The molecule has 0 unspecified atom stereocenters. The van der Waals surface area contributed by atoms with Crippen LogP contribution in [0.15, 0.2) is 71.8 Å². The van der Waals surface area contributed by atoms with Gasteiger partial charge in [-0.25, -0.2) is 0 Å². The van der Waals surface area contributed by atoms with Gasteiger partial charge in [-0.15, -0.1) is 0 Å². The Bertz CT molecular complexity index is 1400. The van der Waals surface area contributed by atoms with Crippen molar-refractivity contribution in [2.45, 2.75) is 0 Å². The molecule has 0 aliphatic carbocycles. The van der Waals surface area contributed by atoms with Gasteiger partial charge in [0.15, 0.2) is 0 Å². The van der Waals surface area contributed by atoms with Crippen molar-refractivity contribution in [2.75, 3.05) is 43.6 Å². The van der Waals surface area contributed by atoms with Gasteiger partial charge in [-0.1, -0.05) is 12.1 Å². The van der Waals surface area contributed by atoms with Crippen LogP contribution in [-0.4, -0.2) is 48.5 Å². The average Bonchev–Trinajstić information content (AvgIpc) is 3.22. The summed E-state index contributed by atoms with van der Waals surface area (Å²) in [5.74, 6) is 0.242. The van der Waals surface area contributed by atoms with Crippen molar-refractivity contribution in [3.63, 3.8) is 0 Å². The molecule has 8 heteroatoms. The van der Waals surface area contributed by atoms with Gasteiger partial charge in [-0.3, -0.25) is 14.2 Å². The van der Waals surface area contributed by atoms with Gasteiger partial charge in [0.2, 0.25) is 0 Å². The summed E-state index contributed by atoms with van der Waals surface area (Å²) in [5, 5.41) is 3.29. The smallest absolute Gasteiger partial charge is 0.265 e. The predicted molar refractivity (Wildman–Crippen MR) is 132 cm³/mol. The lowest BCUT2D eigenvalue weighted by molar-refractivity contribution is 0.102. The van der Waals surface area contributed by atoms with E-state index in [0.717, 1.165) is 18.8 Å². The number of pyridine rings is 1. The Hall–Kier alpha value is -4.04. The number of hydrogen-bond donors (Lipinski definition) is 1. The van der Waals surface area contributed by atoms with Crippen LogP contribution < -0.4 is 20.5 Å². The van der Waals surface area contributed by atoms with Crippen LogP contribution in [-0.2, 0) is 11.8 Å². The van der Waals surface area contributed by atoms with E-state index in [4.69, 9.17) is 9.47 Å². The minimum absolute atomic E-state index is 0.282. The maximum absolute atomic E-state index is 13.5. The topological polar surface area (TPSA) is 77.7 Å². The summed E-state index contributed by atoms with van der Waals surface area (Å²) in [6, 6.07) is 16.8. The van der Waals surface area contributed by atoms with Crippen LogP contribution in [0.1, 0.15) is 10.4 Å². The van der Waals surface area contributed by atoms with Gasteiger partial charge in [-0.05, 0) is 42.5 Å². The molecule has 5 rings (SSSR count). The third-order valence-corrected chi connectivity index (χ3v) is 6.13. The molecule has 0 radical (unpaired) electrons. The highest BCUT2D eigenvalue weighted by Gasteiger charge is 2.20. The van der Waals surface area contributed by atoms with E-state index in [1.807, 2.05) is 55.6 Å². The first-order valence-electron chi connectivity index (χ1n) is 11.1. The number of fused-ring (bicyclic) bond motifs is 1. The summed E-state index contributed by atoms with van der Waals surface area (Å²) in [4.78, 5) is 29.0. The normalized spacial score (nSPS) is 13.8. The highest BCUT2D eigenvalue weighted by Crippen LogP contribution is 2.25. The second kappa shape index (κ2) is 9.07. The number of nitrogens with one attached hydrogen (secondary N) is 1. The van der Waals surface area contributed by atoms with E-state index >= 15 is 0 Å². The molecule has 1 amide bonds. The molecule has 34 heavy (non-hydrogen) atoms. The molecule has 1 aliphatic heterocycles. The molecular weight excluding hydrogens is 432 g/mol. The number of benzene rings is 2. The van der Waals surface area contributed by atoms with E-state index < -0.39 is 0 Å². The minimum atomic E-state index is -0.334. The van der Waals surface area contributed by atoms with E-state index in [2.05, 4.69) is 10.2 Å². The number of methoxy groups -OCH3 is 1. The summed E-state index contributed by atoms with van der Waals surface area (Å²) in [6.07, 6.45) is 3.39. The molecule has 1 fully saturated rings. The molecule has 2 aromatic carbocycles. The lowest BCUT2D eigenvalue weighted by Crippen LogP contribution is -2.36. The fraction of sp³-hybridized carbons (Fsp3) is 0.231. The first kappa shape index (κ1) is 21.8. The maximum atomic E-state index is 13.5. The number of carbonyl (C=O) groups is 1. The Morgan fingerprint density at radius 1 is 1.03 bits per heavy atom. The SMILES string of the molecule is COc1ccccc1-n1ccc2c(c(C(=O)Nc3ccc(N4CCOCC4)cc3)cn2C)c1=O. The molecule has 0 bridgehead atoms. The Kier molecular flexibility index (Phi) is 5.81. The van der Waals surface area contributed by atoms with E-state index in [1.165, 1.54) is 4.57 Å². The molecule has 0 saturated carbocycles. The molecule has 0 atom stereocenters. The molecule has 1 N–H and O–H groups in total. The van der Waals surface area contributed by atoms with Gasteiger partial charge in [0.25, 0.3) is 11.5 Å². The van der Waals surface area contributed by atoms with Crippen LogP contribution in [0.4, 0.5) is 11.4 Å². The number of hydrogen-bond acceptors (Lipinski definition) is 5. The van der Waals surface area contributed by atoms with Gasteiger partial charge >= 0.3 is 0 Å². The Morgan fingerprint density at radius 2 is 1.76 bits per heavy atom. The number of morpholine rings is 1. The standard InChI is InChI=1S/C26H26N4O4/c1-28-17-20(25(31)27-18-7-9-19(10-8-18)29-13-15-34-16-14-29)24-22(28)11-12-30(26(24)32)21-5-3-4-6-23(21)33-2/h3-12,17H,13-16H2,1-2H3,(H,27,31). The largest absolute Gasteiger partial charge is 0.495 e. The number of aryl methyl sites for hydroxylation is 1. The summed E-state index contributed by atoms with van der Waals surface area (Å²) < 4.78 is 14.1. The molecule has 174 valence electrons. The van der Waals surface area contributed by atoms with Gasteiger partial charge in [0.05, 0.1) is 42.5 Å². The van der Waals surface area contributed by atoms with Crippen LogP contribution >= 0.6 is 0 Å². The highest BCUT2D eigenvalue weighted by molar-refractivity contribution is 6.12. The number of nitrogens with zero attached hydrogens (tertiary/aromatic N) is 3. The molecule has 0 spiro atoms. The van der Waals surface area contributed by atoms with Crippen molar-refractivity contribution in [1.82, 2.24) is 9.13 Å². The molecule has 1 aliphatic rings. The van der Waals surface area contributed by atoms with Crippen LogP contribution in [0.2, 0.25) is 0 Å². The van der Waals surface area contributed by atoms with Gasteiger partial charge in [0, 0.05) is 43.9 Å². The van der Waals surface area contributed by atoms with Crippen molar-refractivity contribution >= 4 is 28.2 Å². The highest BCUT2D eigenvalue weighted by atomic mass is 16.5. The van der Waals surface area contributed by atoms with Gasteiger partial charge in [-0.2, -0.15) is 0 Å². The van der Waals surface area contributed by atoms with Crippen LogP contribution in [0.25, 0.3) is 16.6 Å². The van der Waals surface area contributed by atoms with E-state index in [0.29, 0.717) is 46.8 Å². The zero-order chi connectivity index (χ0) is 23.7. The number of anilines is 2. The van der Waals surface area contributed by atoms with Crippen molar-refractivity contribution < 1.29 is 14.3 Å². The maximum Gasteiger partial charge on any atom is 0.265 e. The lowest BCUT2D eigenvalue weighted by atomic mass is 10.2. The summed E-state index contributed by atoms with van der Waals surface area (Å²) in [7, 11) is 3.39. The molecule has 8 nitrogen and oxygen atoms in total. The molecular formula is C26H26N4O4.